The van der Waals surface area contributed by atoms with Gasteiger partial charge in [-0.1, -0.05) is 11.6 Å². The van der Waals surface area contributed by atoms with E-state index in [2.05, 4.69) is 16.1 Å². The Balaban J connectivity index is 0.000000465. The van der Waals surface area contributed by atoms with E-state index in [0.717, 1.165) is 41.9 Å². The van der Waals surface area contributed by atoms with Crippen molar-refractivity contribution in [2.45, 2.75) is 40.3 Å². The first-order valence-electron chi connectivity index (χ1n) is 8.29. The van der Waals surface area contributed by atoms with Gasteiger partial charge in [-0.15, -0.1) is 10.2 Å². The molecule has 1 aromatic heterocycles. The fourth-order valence-electron chi connectivity index (χ4n) is 3.20. The van der Waals surface area contributed by atoms with Crippen molar-refractivity contribution in [3.8, 4) is 0 Å². The summed E-state index contributed by atoms with van der Waals surface area (Å²) in [6, 6.07) is 5.88. The predicted molar refractivity (Wildman–Crippen MR) is 86.7 cm³/mol. The van der Waals surface area contributed by atoms with E-state index < -0.39 is 10.2 Å². The highest BCUT2D eigenvalue weighted by Crippen LogP contribution is 2.29. The fraction of sp³-hybridized carbons (Fsp3) is 0.412. The van der Waals surface area contributed by atoms with Crippen LogP contribution in [-0.4, -0.2) is 17.1 Å². The zero-order chi connectivity index (χ0) is 20.4. The molecule has 0 saturated heterocycles. The summed E-state index contributed by atoms with van der Waals surface area (Å²) in [5.74, 6) is 0.694. The second-order valence-electron chi connectivity index (χ2n) is 5.86. The van der Waals surface area contributed by atoms with Crippen LogP contribution in [0.25, 0.3) is 16.6 Å². The van der Waals surface area contributed by atoms with Crippen molar-refractivity contribution in [2.75, 3.05) is 6.61 Å². The normalized spacial score (nSPS) is 13.9. The van der Waals surface area contributed by atoms with Crippen molar-refractivity contribution >= 4 is 34.2 Å². The predicted octanol–water partition coefficient (Wildman–Crippen LogP) is -1.41. The van der Waals surface area contributed by atoms with Gasteiger partial charge in [-0.05, 0) is 38.5 Å². The standard InChI is InChI=1S/C17H20ClN2O2.ClHO4/c1-4-19-13-7-6-12(18)10-14(13)20-9-8-11(3)15(16(19)20)17(21)22-5-2;2-1(3,4)5/h6-7,10H,4-5,8-9H2,1-3H3;(H,2,3,4,5)/q+1;/p-1. The SMILES string of the molecule is CCOC(=O)C1=C(C)CC[n+]2c1n(CC)c1ccc(Cl)cc12.[O-][Cl+3]([O-])([O-])[O-]. The quantitative estimate of drug-likeness (QED) is 0.444. The lowest BCUT2D eigenvalue weighted by Crippen LogP contribution is -2.68. The first-order valence-corrected chi connectivity index (χ1v) is 9.90. The van der Waals surface area contributed by atoms with Crippen LogP contribution in [-0.2, 0) is 22.6 Å². The summed E-state index contributed by atoms with van der Waals surface area (Å²) >= 11 is 6.16. The number of carbonyl (C=O) groups excluding carboxylic acids is 1. The third-order valence-corrected chi connectivity index (χ3v) is 4.42. The zero-order valence-electron chi connectivity index (χ0n) is 15.2. The lowest BCUT2D eigenvalue weighted by molar-refractivity contribution is -2.00. The van der Waals surface area contributed by atoms with E-state index in [1.807, 2.05) is 32.0 Å². The Labute approximate surface area is 163 Å². The molecule has 10 heteroatoms. The molecule has 0 bridgehead atoms. The minimum absolute atomic E-state index is 0.239. The van der Waals surface area contributed by atoms with Gasteiger partial charge in [0.05, 0.1) is 19.7 Å². The minimum atomic E-state index is -4.94. The Hall–Kier alpha value is -1.68. The number of allylic oxidation sites excluding steroid dienone is 1. The molecular weight excluding hydrogens is 399 g/mol. The number of fused-ring (bicyclic) bond motifs is 3. The Morgan fingerprint density at radius 3 is 2.48 bits per heavy atom. The molecule has 148 valence electrons. The average molecular weight is 419 g/mol. The van der Waals surface area contributed by atoms with Gasteiger partial charge in [-0.2, -0.15) is 0 Å². The van der Waals surface area contributed by atoms with E-state index in [4.69, 9.17) is 35.0 Å². The summed E-state index contributed by atoms with van der Waals surface area (Å²) in [5, 5.41) is 0.708. The number of rotatable bonds is 3. The second-order valence-corrected chi connectivity index (χ2v) is 7.05. The molecule has 0 N–H and O–H groups in total. The summed E-state index contributed by atoms with van der Waals surface area (Å²) in [5.41, 5.74) is 3.95. The number of esters is 1. The number of imidazole rings is 1. The van der Waals surface area contributed by atoms with E-state index in [-0.39, 0.29) is 5.97 Å². The van der Waals surface area contributed by atoms with Crippen LogP contribution >= 0.6 is 11.6 Å². The smallest absolute Gasteiger partial charge is 0.346 e. The van der Waals surface area contributed by atoms with Crippen molar-refractivity contribution in [2.24, 2.45) is 0 Å². The molecule has 0 atom stereocenters. The third-order valence-electron chi connectivity index (χ3n) is 4.19. The van der Waals surface area contributed by atoms with Gasteiger partial charge in [0.2, 0.25) is 0 Å². The molecule has 0 amide bonds. The van der Waals surface area contributed by atoms with Crippen LogP contribution in [0.15, 0.2) is 23.8 Å². The number of ether oxygens (including phenoxy) is 1. The molecule has 1 aliphatic rings. The van der Waals surface area contributed by atoms with Crippen molar-refractivity contribution in [1.29, 1.82) is 0 Å². The first-order chi connectivity index (χ1) is 12.6. The van der Waals surface area contributed by atoms with Gasteiger partial charge in [-0.3, -0.25) is 0 Å². The van der Waals surface area contributed by atoms with Crippen LogP contribution in [0.5, 0.6) is 0 Å². The first kappa shape index (κ1) is 21.6. The molecule has 8 nitrogen and oxygen atoms in total. The number of aromatic nitrogens is 2. The van der Waals surface area contributed by atoms with E-state index in [0.29, 0.717) is 17.2 Å². The van der Waals surface area contributed by atoms with E-state index in [1.165, 1.54) is 0 Å². The molecule has 27 heavy (non-hydrogen) atoms. The Morgan fingerprint density at radius 1 is 1.30 bits per heavy atom. The maximum atomic E-state index is 12.5. The molecule has 2 aromatic rings. The van der Waals surface area contributed by atoms with Crippen LogP contribution < -0.4 is 23.2 Å². The van der Waals surface area contributed by atoms with Crippen molar-refractivity contribution in [3.63, 3.8) is 0 Å². The van der Waals surface area contributed by atoms with Gasteiger partial charge in [0.1, 0.15) is 5.57 Å². The van der Waals surface area contributed by atoms with Gasteiger partial charge in [0, 0.05) is 17.5 Å². The van der Waals surface area contributed by atoms with Gasteiger partial charge in [0.15, 0.2) is 11.0 Å². The summed E-state index contributed by atoms with van der Waals surface area (Å²) in [4.78, 5) is 12.5. The highest BCUT2D eigenvalue weighted by molar-refractivity contribution is 6.31. The topological polar surface area (TPSA) is 127 Å². The molecule has 0 spiro atoms. The number of hydrogen-bond acceptors (Lipinski definition) is 6. The molecule has 1 aromatic carbocycles. The summed E-state index contributed by atoms with van der Waals surface area (Å²) in [7, 11) is -4.94. The minimum Gasteiger partial charge on any atom is -0.462 e. The van der Waals surface area contributed by atoms with Crippen LogP contribution in [0, 0.1) is 10.2 Å². The van der Waals surface area contributed by atoms with E-state index in [9.17, 15) is 4.79 Å². The molecule has 0 aliphatic carbocycles. The van der Waals surface area contributed by atoms with Gasteiger partial charge >= 0.3 is 5.97 Å². The fourth-order valence-corrected chi connectivity index (χ4v) is 3.36. The Bertz CT molecular complexity index is 880. The lowest BCUT2D eigenvalue weighted by atomic mass is 10.0. The molecule has 3 rings (SSSR count). The van der Waals surface area contributed by atoms with Crippen LogP contribution in [0.1, 0.15) is 33.0 Å². The number of aryl methyl sites for hydroxylation is 2. The van der Waals surface area contributed by atoms with Gasteiger partial charge in [0.25, 0.3) is 5.82 Å². The number of halogens is 2. The second kappa shape index (κ2) is 8.55. The van der Waals surface area contributed by atoms with Crippen molar-refractivity contribution < 1.29 is 43.0 Å². The highest BCUT2D eigenvalue weighted by atomic mass is 35.7. The third kappa shape index (κ3) is 4.98. The van der Waals surface area contributed by atoms with Gasteiger partial charge < -0.3 is 4.74 Å². The molecule has 0 radical (unpaired) electrons. The number of hydrogen-bond donors (Lipinski definition) is 0. The molecule has 0 unspecified atom stereocenters. The van der Waals surface area contributed by atoms with Crippen molar-refractivity contribution in [1.82, 2.24) is 4.57 Å². The maximum absolute atomic E-state index is 12.5. The molecule has 0 saturated carbocycles. The molecule has 2 heterocycles. The average Bonchev–Trinajstić information content (AvgIpc) is 2.86. The number of benzene rings is 1. The molecule has 0 fully saturated rings. The Kier molecular flexibility index (Phi) is 6.85. The largest absolute Gasteiger partial charge is 0.462 e. The molecular formula is C17H20Cl2N2O6. The summed E-state index contributed by atoms with van der Waals surface area (Å²) < 4.78 is 43.6. The van der Waals surface area contributed by atoms with Crippen molar-refractivity contribution in [3.05, 3.63) is 34.6 Å². The van der Waals surface area contributed by atoms with E-state index >= 15 is 0 Å². The van der Waals surface area contributed by atoms with Crippen LogP contribution in [0.4, 0.5) is 0 Å². The summed E-state index contributed by atoms with van der Waals surface area (Å²) in [6.45, 7) is 7.96. The Morgan fingerprint density at radius 2 is 1.93 bits per heavy atom. The maximum Gasteiger partial charge on any atom is 0.346 e. The van der Waals surface area contributed by atoms with Gasteiger partial charge in [-0.25, -0.2) is 32.6 Å². The summed E-state index contributed by atoms with van der Waals surface area (Å²) in [6.07, 6.45) is 0.848. The van der Waals surface area contributed by atoms with E-state index in [1.54, 1.807) is 0 Å². The van der Waals surface area contributed by atoms with Crippen LogP contribution in [0.2, 0.25) is 5.02 Å². The number of nitrogens with zero attached hydrogens (tertiary/aromatic N) is 2. The zero-order valence-corrected chi connectivity index (χ0v) is 16.7. The lowest BCUT2D eigenvalue weighted by Gasteiger charge is -2.17. The van der Waals surface area contributed by atoms with Crippen LogP contribution in [0.3, 0.4) is 0 Å². The highest BCUT2D eigenvalue weighted by Gasteiger charge is 2.36. The number of carbonyl (C=O) groups is 1. The monoisotopic (exact) mass is 418 g/mol. The molecule has 1 aliphatic heterocycles.